The number of para-hydroxylation sites is 2. The van der Waals surface area contributed by atoms with Crippen molar-refractivity contribution in [3.05, 3.63) is 88.4 Å². The van der Waals surface area contributed by atoms with Crippen molar-refractivity contribution in [1.82, 2.24) is 5.32 Å². The zero-order valence-corrected chi connectivity index (χ0v) is 18.0. The van der Waals surface area contributed by atoms with Crippen molar-refractivity contribution >= 4 is 44.9 Å². The van der Waals surface area contributed by atoms with Crippen LogP contribution in [-0.4, -0.2) is 18.1 Å². The number of halogens is 1. The topological polar surface area (TPSA) is 59.6 Å². The van der Waals surface area contributed by atoms with Crippen LogP contribution in [0.1, 0.15) is 15.9 Å². The van der Waals surface area contributed by atoms with E-state index in [1.807, 2.05) is 54.6 Å². The molecular formula is C22H19BrN2O3S. The fourth-order valence-electron chi connectivity index (χ4n) is 2.61. The predicted molar refractivity (Wildman–Crippen MR) is 122 cm³/mol. The SMILES string of the molecule is COc1ccc(Br)cc1C(=O)NC(=S)Nc1ccccc1OCc1ccccc1. The molecule has 1 amide bonds. The number of nitrogens with one attached hydrogen (secondary N) is 2. The van der Waals surface area contributed by atoms with Crippen molar-refractivity contribution in [1.29, 1.82) is 0 Å². The van der Waals surface area contributed by atoms with Crippen molar-refractivity contribution in [2.45, 2.75) is 6.61 Å². The van der Waals surface area contributed by atoms with Crippen LogP contribution in [0.15, 0.2) is 77.3 Å². The van der Waals surface area contributed by atoms with Gasteiger partial charge < -0.3 is 14.8 Å². The number of carbonyl (C=O) groups is 1. The number of benzene rings is 3. The van der Waals surface area contributed by atoms with Gasteiger partial charge in [0.1, 0.15) is 18.1 Å². The number of methoxy groups -OCH3 is 1. The highest BCUT2D eigenvalue weighted by Gasteiger charge is 2.15. The number of thiocarbonyl (C=S) groups is 1. The van der Waals surface area contributed by atoms with Gasteiger partial charge in [-0.05, 0) is 48.1 Å². The van der Waals surface area contributed by atoms with Crippen molar-refractivity contribution in [3.63, 3.8) is 0 Å². The van der Waals surface area contributed by atoms with Gasteiger partial charge in [0, 0.05) is 4.47 Å². The number of rotatable bonds is 6. The van der Waals surface area contributed by atoms with E-state index in [0.717, 1.165) is 10.0 Å². The van der Waals surface area contributed by atoms with Crippen LogP contribution in [0.5, 0.6) is 11.5 Å². The molecule has 7 heteroatoms. The smallest absolute Gasteiger partial charge is 0.261 e. The molecule has 0 fully saturated rings. The normalized spacial score (nSPS) is 10.1. The molecule has 0 saturated heterocycles. The Kier molecular flexibility index (Phi) is 7.21. The molecule has 5 nitrogen and oxygen atoms in total. The second kappa shape index (κ2) is 10.0. The van der Waals surface area contributed by atoms with Crippen LogP contribution < -0.4 is 20.1 Å². The highest BCUT2D eigenvalue weighted by Crippen LogP contribution is 2.25. The fourth-order valence-corrected chi connectivity index (χ4v) is 3.18. The van der Waals surface area contributed by atoms with Gasteiger partial charge in [0.05, 0.1) is 18.4 Å². The molecule has 2 N–H and O–H groups in total. The minimum Gasteiger partial charge on any atom is -0.496 e. The van der Waals surface area contributed by atoms with Gasteiger partial charge in [-0.2, -0.15) is 0 Å². The zero-order valence-electron chi connectivity index (χ0n) is 15.6. The highest BCUT2D eigenvalue weighted by molar-refractivity contribution is 9.10. The standard InChI is InChI=1S/C22H19BrN2O3S/c1-27-19-12-11-16(23)13-17(19)21(26)25-22(29)24-18-9-5-6-10-20(18)28-14-15-7-3-2-4-8-15/h2-13H,14H2,1H3,(H2,24,25,26,29). The van der Waals surface area contributed by atoms with Gasteiger partial charge in [0.15, 0.2) is 5.11 Å². The van der Waals surface area contributed by atoms with E-state index < -0.39 is 0 Å². The summed E-state index contributed by atoms with van der Waals surface area (Å²) in [5.41, 5.74) is 2.09. The van der Waals surface area contributed by atoms with Crippen molar-refractivity contribution < 1.29 is 14.3 Å². The fraction of sp³-hybridized carbons (Fsp3) is 0.0909. The van der Waals surface area contributed by atoms with Crippen molar-refractivity contribution in [3.8, 4) is 11.5 Å². The minimum absolute atomic E-state index is 0.160. The summed E-state index contributed by atoms with van der Waals surface area (Å²) in [6.07, 6.45) is 0. The molecule has 148 valence electrons. The Morgan fingerprint density at radius 2 is 1.72 bits per heavy atom. The molecule has 0 atom stereocenters. The van der Waals surface area contributed by atoms with E-state index in [1.54, 1.807) is 18.2 Å². The quantitative estimate of drug-likeness (QED) is 0.487. The number of hydrogen-bond acceptors (Lipinski definition) is 4. The maximum Gasteiger partial charge on any atom is 0.261 e. The zero-order chi connectivity index (χ0) is 20.6. The van der Waals surface area contributed by atoms with Crippen LogP contribution in [0.2, 0.25) is 0 Å². The van der Waals surface area contributed by atoms with E-state index in [9.17, 15) is 4.79 Å². The lowest BCUT2D eigenvalue weighted by Gasteiger charge is -2.15. The molecule has 0 bridgehead atoms. The van der Waals surface area contributed by atoms with Gasteiger partial charge >= 0.3 is 0 Å². The Balaban J connectivity index is 1.66. The highest BCUT2D eigenvalue weighted by atomic mass is 79.9. The first-order valence-electron chi connectivity index (χ1n) is 8.78. The predicted octanol–water partition coefficient (Wildman–Crippen LogP) is 5.16. The summed E-state index contributed by atoms with van der Waals surface area (Å²) in [5.74, 6) is 0.719. The Morgan fingerprint density at radius 3 is 2.48 bits per heavy atom. The first-order valence-corrected chi connectivity index (χ1v) is 9.98. The molecule has 0 spiro atoms. The average Bonchev–Trinajstić information content (AvgIpc) is 2.73. The monoisotopic (exact) mass is 470 g/mol. The van der Waals surface area contributed by atoms with Gasteiger partial charge in [0.25, 0.3) is 5.91 Å². The first-order chi connectivity index (χ1) is 14.1. The van der Waals surface area contributed by atoms with Crippen LogP contribution in [0.3, 0.4) is 0 Å². The lowest BCUT2D eigenvalue weighted by molar-refractivity contribution is 0.0974. The lowest BCUT2D eigenvalue weighted by Crippen LogP contribution is -2.34. The van der Waals surface area contributed by atoms with Gasteiger partial charge in [-0.3, -0.25) is 10.1 Å². The third kappa shape index (κ3) is 5.79. The Hall–Kier alpha value is -2.90. The summed E-state index contributed by atoms with van der Waals surface area (Å²) in [4.78, 5) is 12.6. The second-order valence-corrected chi connectivity index (χ2v) is 7.35. The molecule has 29 heavy (non-hydrogen) atoms. The molecule has 3 rings (SSSR count). The van der Waals surface area contributed by atoms with Gasteiger partial charge in [-0.25, -0.2) is 0 Å². The van der Waals surface area contributed by atoms with E-state index >= 15 is 0 Å². The van der Waals surface area contributed by atoms with Crippen molar-refractivity contribution in [2.24, 2.45) is 0 Å². The molecule has 0 aliphatic carbocycles. The van der Waals surface area contributed by atoms with Crippen LogP contribution in [0, 0.1) is 0 Å². The maximum absolute atomic E-state index is 12.6. The Bertz CT molecular complexity index is 1010. The van der Waals surface area contributed by atoms with Crippen LogP contribution in [-0.2, 0) is 6.61 Å². The molecule has 0 saturated carbocycles. The number of hydrogen-bond donors (Lipinski definition) is 2. The van der Waals surface area contributed by atoms with E-state index in [2.05, 4.69) is 26.6 Å². The summed E-state index contributed by atoms with van der Waals surface area (Å²) in [6.45, 7) is 0.424. The first kappa shape index (κ1) is 20.8. The van der Waals surface area contributed by atoms with Gasteiger partial charge in [-0.1, -0.05) is 58.4 Å². The van der Waals surface area contributed by atoms with Crippen LogP contribution in [0.4, 0.5) is 5.69 Å². The van der Waals surface area contributed by atoms with E-state index in [-0.39, 0.29) is 11.0 Å². The Morgan fingerprint density at radius 1 is 1.00 bits per heavy atom. The van der Waals surface area contributed by atoms with E-state index in [4.69, 9.17) is 21.7 Å². The third-order valence-electron chi connectivity index (χ3n) is 4.01. The number of carbonyl (C=O) groups excluding carboxylic acids is 1. The van der Waals surface area contributed by atoms with Crippen LogP contribution in [0.25, 0.3) is 0 Å². The summed E-state index contributed by atoms with van der Waals surface area (Å²) in [6, 6.07) is 22.5. The largest absolute Gasteiger partial charge is 0.496 e. The molecule has 0 aliphatic rings. The molecule has 0 aliphatic heterocycles. The number of amides is 1. The minimum atomic E-state index is -0.372. The molecule has 3 aromatic rings. The third-order valence-corrected chi connectivity index (χ3v) is 4.70. The summed E-state index contributed by atoms with van der Waals surface area (Å²) < 4.78 is 11.9. The number of ether oxygens (including phenoxy) is 2. The van der Waals surface area contributed by atoms with E-state index in [1.165, 1.54) is 7.11 Å². The maximum atomic E-state index is 12.6. The molecule has 0 heterocycles. The second-order valence-electron chi connectivity index (χ2n) is 6.02. The van der Waals surface area contributed by atoms with Crippen molar-refractivity contribution in [2.75, 3.05) is 12.4 Å². The molecular weight excluding hydrogens is 452 g/mol. The Labute approximate surface area is 183 Å². The molecule has 0 unspecified atom stereocenters. The lowest BCUT2D eigenvalue weighted by atomic mass is 10.2. The summed E-state index contributed by atoms with van der Waals surface area (Å²) in [7, 11) is 1.51. The number of anilines is 1. The van der Waals surface area contributed by atoms with Crippen LogP contribution >= 0.6 is 28.1 Å². The van der Waals surface area contributed by atoms with Gasteiger partial charge in [-0.15, -0.1) is 0 Å². The van der Waals surface area contributed by atoms with Gasteiger partial charge in [0.2, 0.25) is 0 Å². The molecule has 0 aromatic heterocycles. The average molecular weight is 471 g/mol. The summed E-state index contributed by atoms with van der Waals surface area (Å²) >= 11 is 8.67. The van der Waals surface area contributed by atoms with E-state index in [0.29, 0.717) is 29.4 Å². The molecule has 3 aromatic carbocycles. The molecule has 0 radical (unpaired) electrons. The summed E-state index contributed by atoms with van der Waals surface area (Å²) in [5, 5.41) is 5.85.